The second-order valence-corrected chi connectivity index (χ2v) is 19.1. The largest absolute Gasteiger partial charge is 0.488 e. The number of fused-ring (bicyclic) bond motifs is 1. The van der Waals surface area contributed by atoms with Crippen molar-refractivity contribution >= 4 is 40.2 Å². The topological polar surface area (TPSA) is 207 Å². The van der Waals surface area contributed by atoms with Crippen LogP contribution in [0.15, 0.2) is 12.7 Å². The van der Waals surface area contributed by atoms with Crippen molar-refractivity contribution in [1.29, 1.82) is 0 Å². The van der Waals surface area contributed by atoms with Crippen LogP contribution >= 0.6 is 23.2 Å². The minimum absolute atomic E-state index is 0.0386. The zero-order chi connectivity index (χ0) is 38.8. The van der Waals surface area contributed by atoms with Crippen LogP contribution in [0.4, 0.5) is 5.82 Å². The molecule has 53 heavy (non-hydrogen) atoms. The summed E-state index contributed by atoms with van der Waals surface area (Å²) in [5.41, 5.74) is 6.66. The van der Waals surface area contributed by atoms with Gasteiger partial charge in [-0.25, -0.2) is 28.4 Å². The number of rotatable bonds is 35. The van der Waals surface area contributed by atoms with Gasteiger partial charge in [0.05, 0.1) is 32.2 Å². The number of aromatic nitrogens is 4. The lowest BCUT2D eigenvalue weighted by atomic mass is 10.0. The first-order valence-corrected chi connectivity index (χ1v) is 24.6. The fourth-order valence-electron chi connectivity index (χ4n) is 5.88. The summed E-state index contributed by atoms with van der Waals surface area (Å²) in [5.74, 6) is 0.205. The van der Waals surface area contributed by atoms with E-state index in [2.05, 4.69) is 33.1 Å². The zero-order valence-corrected chi connectivity index (χ0v) is 35.2. The van der Waals surface area contributed by atoms with Crippen molar-refractivity contribution in [2.24, 2.45) is 0 Å². The molecule has 3 unspecified atom stereocenters. The molecule has 0 aliphatic heterocycles. The van der Waals surface area contributed by atoms with Gasteiger partial charge >= 0.3 is 23.2 Å². The lowest BCUT2D eigenvalue weighted by Crippen LogP contribution is -2.17. The first-order valence-electron chi connectivity index (χ1n) is 19.9. The molecule has 0 aliphatic rings. The molecular formula is C35H68N5O10P3. The van der Waals surface area contributed by atoms with Gasteiger partial charge in [-0.15, -0.1) is 0 Å². The lowest BCUT2D eigenvalue weighted by molar-refractivity contribution is 0.0752. The van der Waals surface area contributed by atoms with E-state index in [9.17, 15) is 23.5 Å². The van der Waals surface area contributed by atoms with Crippen molar-refractivity contribution < 1.29 is 45.9 Å². The number of hydrogen-bond acceptors (Lipinski definition) is 12. The molecule has 0 saturated carbocycles. The highest BCUT2D eigenvalue weighted by Crippen LogP contribution is 2.69. The number of hydrogen-bond donors (Lipinski definition) is 3. The van der Waals surface area contributed by atoms with Gasteiger partial charge in [-0.1, -0.05) is 142 Å². The molecule has 4 atom stereocenters. The van der Waals surface area contributed by atoms with Crippen LogP contribution in [0.5, 0.6) is 0 Å². The van der Waals surface area contributed by atoms with Gasteiger partial charge in [0.1, 0.15) is 18.2 Å². The number of phosphoric acid groups is 2. The van der Waals surface area contributed by atoms with Crippen LogP contribution < -0.4 is 5.73 Å². The van der Waals surface area contributed by atoms with Crippen molar-refractivity contribution in [3.8, 4) is 0 Å². The number of anilines is 1. The monoisotopic (exact) mass is 811 g/mol. The molecular weight excluding hydrogens is 743 g/mol. The fourth-order valence-corrected chi connectivity index (χ4v) is 10.4. The first kappa shape index (κ1) is 47.9. The predicted molar refractivity (Wildman–Crippen MR) is 209 cm³/mol. The maximum Gasteiger partial charge on any atom is 0.488 e. The minimum Gasteiger partial charge on any atom is -0.382 e. The van der Waals surface area contributed by atoms with Crippen LogP contribution in [-0.4, -0.2) is 55.0 Å². The van der Waals surface area contributed by atoms with E-state index in [0.29, 0.717) is 24.0 Å². The summed E-state index contributed by atoms with van der Waals surface area (Å²) >= 11 is 0. The highest BCUT2D eigenvalue weighted by atomic mass is 31.3. The van der Waals surface area contributed by atoms with Gasteiger partial charge in [-0.2, -0.15) is 4.31 Å². The number of nitrogen functional groups attached to an aromatic ring is 1. The van der Waals surface area contributed by atoms with Gasteiger partial charge in [0.25, 0.3) is 0 Å². The number of imidazole rings is 1. The number of unbranched alkanes of at least 4 members (excludes halogenated alkanes) is 20. The third kappa shape index (κ3) is 22.2. The standard InChI is InChI=1S/C35H68N5O10P3/c1-4-6-8-10-12-13-14-15-16-17-18-19-20-21-23-25-27-48-53(45,47-26-24-22-11-9-7-5-2)50-52(43,44)49-51(41,42)31-46-32(3)28-40-30-39-33-34(36)37-29-38-35(33)40/h29-30,32H,4-28,31H2,1-3H3,(H,41,42)(H,43,44)(H2,36,37,38)/t32-,53?/m1/s1. The Morgan fingerprint density at radius 3 is 1.60 bits per heavy atom. The van der Waals surface area contributed by atoms with Gasteiger partial charge in [-0.3, -0.25) is 13.6 Å². The predicted octanol–water partition coefficient (Wildman–Crippen LogP) is 10.9. The number of nitrogens with two attached hydrogens (primary N) is 1. The molecule has 0 spiro atoms. The summed E-state index contributed by atoms with van der Waals surface area (Å²) in [7, 11) is -14.9. The summed E-state index contributed by atoms with van der Waals surface area (Å²) < 4.78 is 66.4. The molecule has 0 bridgehead atoms. The van der Waals surface area contributed by atoms with Gasteiger partial charge in [0.2, 0.25) is 0 Å². The quantitative estimate of drug-likeness (QED) is 0.0437. The number of nitrogens with zero attached hydrogens (tertiary/aromatic N) is 4. The number of ether oxygens (including phenoxy) is 1. The molecule has 2 heterocycles. The molecule has 0 amide bonds. The van der Waals surface area contributed by atoms with Gasteiger partial charge in [0.15, 0.2) is 11.5 Å². The summed E-state index contributed by atoms with van der Waals surface area (Å²) in [4.78, 5) is 32.9. The van der Waals surface area contributed by atoms with Crippen LogP contribution in [0, 0.1) is 0 Å². The Morgan fingerprint density at radius 2 is 1.13 bits per heavy atom. The summed E-state index contributed by atoms with van der Waals surface area (Å²) in [5, 5.41) is 0. The number of phosphoric ester groups is 1. The van der Waals surface area contributed by atoms with Crippen LogP contribution in [0.25, 0.3) is 11.2 Å². The first-order chi connectivity index (χ1) is 25.4. The summed E-state index contributed by atoms with van der Waals surface area (Å²) in [6.45, 7) is 6.06. The normalized spacial score (nSPS) is 16.0. The molecule has 4 N–H and O–H groups in total. The van der Waals surface area contributed by atoms with Gasteiger partial charge < -0.3 is 24.8 Å². The van der Waals surface area contributed by atoms with Crippen LogP contribution in [-0.2, 0) is 42.6 Å². The molecule has 0 fully saturated rings. The SMILES string of the molecule is CCCCCCCCCCCCCCCCCCOP(=O)(OCCCCCCCC)OP(=O)(O)OP(=O)(O)CO[C@H](C)Cn1cnc2c(N)ncnc21. The van der Waals surface area contributed by atoms with E-state index in [1.807, 2.05) is 0 Å². The van der Waals surface area contributed by atoms with Crippen molar-refractivity contribution in [3.63, 3.8) is 0 Å². The Kier molecular flexibility index (Phi) is 24.7. The van der Waals surface area contributed by atoms with E-state index < -0.39 is 35.7 Å². The molecule has 0 radical (unpaired) electrons. The van der Waals surface area contributed by atoms with E-state index in [1.165, 1.54) is 89.7 Å². The average molecular weight is 812 g/mol. The molecule has 0 aromatic carbocycles. The molecule has 2 aromatic rings. The Labute approximate surface area is 317 Å². The molecule has 15 nitrogen and oxygen atoms in total. The third-order valence-electron chi connectivity index (χ3n) is 8.83. The summed E-state index contributed by atoms with van der Waals surface area (Å²) in [6.07, 6.45) is 25.9. The lowest BCUT2D eigenvalue weighted by Gasteiger charge is -2.22. The van der Waals surface area contributed by atoms with Crippen molar-refractivity contribution in [2.75, 3.05) is 25.3 Å². The van der Waals surface area contributed by atoms with E-state index in [1.54, 1.807) is 11.5 Å². The molecule has 18 heteroatoms. The molecule has 308 valence electrons. The smallest absolute Gasteiger partial charge is 0.382 e. The maximum atomic E-state index is 13.5. The van der Waals surface area contributed by atoms with Crippen LogP contribution in [0.2, 0.25) is 0 Å². The molecule has 2 aromatic heterocycles. The van der Waals surface area contributed by atoms with Gasteiger partial charge in [0, 0.05) is 0 Å². The third-order valence-corrected chi connectivity index (χ3v) is 13.8. The van der Waals surface area contributed by atoms with Crippen LogP contribution in [0.3, 0.4) is 0 Å². The van der Waals surface area contributed by atoms with Crippen LogP contribution in [0.1, 0.15) is 162 Å². The second kappa shape index (κ2) is 27.4. The Bertz CT molecular complexity index is 1400. The minimum atomic E-state index is -5.41. The van der Waals surface area contributed by atoms with Crippen molar-refractivity contribution in [2.45, 2.75) is 175 Å². The Hall–Kier alpha value is -1.24. The highest BCUT2D eigenvalue weighted by molar-refractivity contribution is 7.68. The summed E-state index contributed by atoms with van der Waals surface area (Å²) in [6, 6.07) is 0. The Balaban J connectivity index is 1.75. The van der Waals surface area contributed by atoms with E-state index >= 15 is 0 Å². The zero-order valence-electron chi connectivity index (χ0n) is 32.5. The fraction of sp³-hybridized carbons (Fsp3) is 0.857. The van der Waals surface area contributed by atoms with E-state index in [0.717, 1.165) is 51.4 Å². The van der Waals surface area contributed by atoms with E-state index in [-0.39, 0.29) is 25.6 Å². The molecule has 0 aliphatic carbocycles. The van der Waals surface area contributed by atoms with Crippen molar-refractivity contribution in [3.05, 3.63) is 12.7 Å². The highest BCUT2D eigenvalue weighted by Gasteiger charge is 2.43. The average Bonchev–Trinajstić information content (AvgIpc) is 3.51. The van der Waals surface area contributed by atoms with Crippen molar-refractivity contribution in [1.82, 2.24) is 19.5 Å². The maximum absolute atomic E-state index is 13.5. The molecule has 0 saturated heterocycles. The second-order valence-electron chi connectivity index (χ2n) is 13.9. The van der Waals surface area contributed by atoms with Gasteiger partial charge in [-0.05, 0) is 19.8 Å². The van der Waals surface area contributed by atoms with E-state index in [4.69, 9.17) is 23.8 Å². The Morgan fingerprint density at radius 1 is 0.679 bits per heavy atom. The molecule has 2 rings (SSSR count).